The first kappa shape index (κ1) is 21.9. The van der Waals surface area contributed by atoms with E-state index in [-0.39, 0.29) is 18.2 Å². The van der Waals surface area contributed by atoms with E-state index < -0.39 is 35.8 Å². The van der Waals surface area contributed by atoms with Crippen LogP contribution in [0.4, 0.5) is 0 Å². The SMILES string of the molecule is CCC[C@H](CC(=O)NO)C(=O)N1CCCC1C(=O)NC(C(=O)O)C(C)C. The van der Waals surface area contributed by atoms with Gasteiger partial charge in [-0.25, -0.2) is 10.3 Å². The first-order valence-electron chi connectivity index (χ1n) is 8.99. The van der Waals surface area contributed by atoms with Crippen LogP contribution >= 0.6 is 0 Å². The van der Waals surface area contributed by atoms with Gasteiger partial charge in [-0.1, -0.05) is 27.2 Å². The predicted molar refractivity (Wildman–Crippen MR) is 92.1 cm³/mol. The number of rotatable bonds is 9. The molecule has 1 heterocycles. The van der Waals surface area contributed by atoms with E-state index in [1.165, 1.54) is 10.4 Å². The number of nitrogens with zero attached hydrogens (tertiary/aromatic N) is 1. The zero-order chi connectivity index (χ0) is 19.9. The van der Waals surface area contributed by atoms with Crippen molar-refractivity contribution in [1.82, 2.24) is 15.7 Å². The average Bonchev–Trinajstić information content (AvgIpc) is 3.07. The van der Waals surface area contributed by atoms with Gasteiger partial charge in [0.1, 0.15) is 12.1 Å². The smallest absolute Gasteiger partial charge is 0.326 e. The molecule has 1 saturated heterocycles. The van der Waals surface area contributed by atoms with Crippen molar-refractivity contribution < 1.29 is 29.5 Å². The molecule has 26 heavy (non-hydrogen) atoms. The summed E-state index contributed by atoms with van der Waals surface area (Å²) < 4.78 is 0. The minimum atomic E-state index is -1.12. The van der Waals surface area contributed by atoms with Crippen molar-refractivity contribution in [2.75, 3.05) is 6.54 Å². The van der Waals surface area contributed by atoms with Crippen LogP contribution in [-0.2, 0) is 19.2 Å². The molecular formula is C17H29N3O6. The summed E-state index contributed by atoms with van der Waals surface area (Å²) in [6, 6.07) is -1.76. The van der Waals surface area contributed by atoms with Crippen molar-refractivity contribution in [3.8, 4) is 0 Å². The fraction of sp³-hybridized carbons (Fsp3) is 0.765. The lowest BCUT2D eigenvalue weighted by atomic mass is 9.97. The van der Waals surface area contributed by atoms with Gasteiger partial charge in [0, 0.05) is 18.9 Å². The van der Waals surface area contributed by atoms with Crippen LogP contribution in [-0.4, -0.2) is 57.5 Å². The molecule has 0 aliphatic carbocycles. The van der Waals surface area contributed by atoms with E-state index in [0.29, 0.717) is 32.2 Å². The van der Waals surface area contributed by atoms with Crippen molar-refractivity contribution >= 4 is 23.7 Å². The third-order valence-corrected chi connectivity index (χ3v) is 4.61. The molecule has 148 valence electrons. The Labute approximate surface area is 153 Å². The van der Waals surface area contributed by atoms with Gasteiger partial charge >= 0.3 is 5.97 Å². The maximum atomic E-state index is 12.8. The zero-order valence-electron chi connectivity index (χ0n) is 15.5. The molecular weight excluding hydrogens is 342 g/mol. The van der Waals surface area contributed by atoms with Crippen molar-refractivity contribution in [1.29, 1.82) is 0 Å². The quantitative estimate of drug-likeness (QED) is 0.344. The van der Waals surface area contributed by atoms with Gasteiger partial charge < -0.3 is 15.3 Å². The monoisotopic (exact) mass is 371 g/mol. The molecule has 1 aliphatic heterocycles. The van der Waals surface area contributed by atoms with Gasteiger partial charge in [0.2, 0.25) is 17.7 Å². The molecule has 1 fully saturated rings. The number of hydroxylamine groups is 1. The number of amides is 3. The molecule has 0 saturated carbocycles. The Morgan fingerprint density at radius 1 is 1.23 bits per heavy atom. The third kappa shape index (κ3) is 5.69. The average molecular weight is 371 g/mol. The first-order chi connectivity index (χ1) is 12.2. The summed E-state index contributed by atoms with van der Waals surface area (Å²) in [7, 11) is 0. The van der Waals surface area contributed by atoms with Gasteiger partial charge in [0.15, 0.2) is 0 Å². The summed E-state index contributed by atoms with van der Waals surface area (Å²) in [4.78, 5) is 49.5. The lowest BCUT2D eigenvalue weighted by Crippen LogP contribution is -2.53. The maximum absolute atomic E-state index is 12.8. The summed E-state index contributed by atoms with van der Waals surface area (Å²) in [6.07, 6.45) is 2.06. The molecule has 0 radical (unpaired) electrons. The van der Waals surface area contributed by atoms with Gasteiger partial charge in [-0.2, -0.15) is 0 Å². The molecule has 9 heteroatoms. The van der Waals surface area contributed by atoms with E-state index in [1.54, 1.807) is 13.8 Å². The minimum Gasteiger partial charge on any atom is -0.480 e. The van der Waals surface area contributed by atoms with Crippen LogP contribution < -0.4 is 10.8 Å². The number of hydrogen-bond donors (Lipinski definition) is 4. The number of carbonyl (C=O) groups excluding carboxylic acids is 3. The van der Waals surface area contributed by atoms with Crippen LogP contribution in [0.15, 0.2) is 0 Å². The summed E-state index contributed by atoms with van der Waals surface area (Å²) in [5.74, 6) is -3.48. The molecule has 0 aromatic heterocycles. The highest BCUT2D eigenvalue weighted by Gasteiger charge is 2.38. The second-order valence-electron chi connectivity index (χ2n) is 6.98. The van der Waals surface area contributed by atoms with Crippen LogP contribution in [0.25, 0.3) is 0 Å². The van der Waals surface area contributed by atoms with E-state index in [2.05, 4.69) is 5.32 Å². The molecule has 3 atom stereocenters. The first-order valence-corrected chi connectivity index (χ1v) is 8.99. The molecule has 1 rings (SSSR count). The lowest BCUT2D eigenvalue weighted by Gasteiger charge is -2.29. The molecule has 0 aromatic carbocycles. The van der Waals surface area contributed by atoms with E-state index >= 15 is 0 Å². The number of aliphatic carboxylic acids is 1. The summed E-state index contributed by atoms with van der Waals surface area (Å²) in [5, 5.41) is 20.4. The summed E-state index contributed by atoms with van der Waals surface area (Å²) >= 11 is 0. The Morgan fingerprint density at radius 3 is 2.38 bits per heavy atom. The highest BCUT2D eigenvalue weighted by molar-refractivity contribution is 5.92. The van der Waals surface area contributed by atoms with Crippen LogP contribution in [0, 0.1) is 11.8 Å². The number of likely N-dealkylation sites (tertiary alicyclic amines) is 1. The molecule has 2 unspecified atom stereocenters. The highest BCUT2D eigenvalue weighted by Crippen LogP contribution is 2.24. The Kier molecular flexibility index (Phi) is 8.50. The Balaban J connectivity index is 2.86. The largest absolute Gasteiger partial charge is 0.480 e. The number of carboxylic acids is 1. The number of carbonyl (C=O) groups is 4. The normalized spacial score (nSPS) is 19.1. The lowest BCUT2D eigenvalue weighted by molar-refractivity contribution is -0.147. The van der Waals surface area contributed by atoms with Gasteiger partial charge in [-0.05, 0) is 25.2 Å². The molecule has 9 nitrogen and oxygen atoms in total. The van der Waals surface area contributed by atoms with Gasteiger partial charge in [-0.15, -0.1) is 0 Å². The van der Waals surface area contributed by atoms with Crippen molar-refractivity contribution in [2.24, 2.45) is 11.8 Å². The van der Waals surface area contributed by atoms with Crippen LogP contribution in [0.1, 0.15) is 52.9 Å². The minimum absolute atomic E-state index is 0.155. The van der Waals surface area contributed by atoms with Crippen molar-refractivity contribution in [3.05, 3.63) is 0 Å². The third-order valence-electron chi connectivity index (χ3n) is 4.61. The van der Waals surface area contributed by atoms with Crippen molar-refractivity contribution in [2.45, 2.75) is 65.0 Å². The van der Waals surface area contributed by atoms with Gasteiger partial charge in [0.25, 0.3) is 0 Å². The van der Waals surface area contributed by atoms with Crippen LogP contribution in [0.5, 0.6) is 0 Å². The van der Waals surface area contributed by atoms with E-state index in [4.69, 9.17) is 5.21 Å². The highest BCUT2D eigenvalue weighted by atomic mass is 16.5. The molecule has 0 bridgehead atoms. The summed E-state index contributed by atoms with van der Waals surface area (Å²) in [6.45, 7) is 5.66. The molecule has 3 amide bonds. The van der Waals surface area contributed by atoms with Crippen molar-refractivity contribution in [3.63, 3.8) is 0 Å². The number of carboxylic acid groups (broad SMARTS) is 1. The van der Waals surface area contributed by atoms with E-state index in [1.807, 2.05) is 6.92 Å². The fourth-order valence-corrected chi connectivity index (χ4v) is 3.23. The molecule has 0 aromatic rings. The van der Waals surface area contributed by atoms with Crippen LogP contribution in [0.3, 0.4) is 0 Å². The molecule has 4 N–H and O–H groups in total. The second-order valence-corrected chi connectivity index (χ2v) is 6.98. The Morgan fingerprint density at radius 2 is 1.88 bits per heavy atom. The van der Waals surface area contributed by atoms with Crippen LogP contribution in [0.2, 0.25) is 0 Å². The van der Waals surface area contributed by atoms with E-state index in [0.717, 1.165) is 0 Å². The van der Waals surface area contributed by atoms with E-state index in [9.17, 15) is 24.3 Å². The van der Waals surface area contributed by atoms with Gasteiger partial charge in [0.05, 0.1) is 0 Å². The molecule has 0 spiro atoms. The topological polar surface area (TPSA) is 136 Å². The predicted octanol–water partition coefficient (Wildman–Crippen LogP) is 0.515. The number of nitrogens with one attached hydrogen (secondary N) is 2. The fourth-order valence-electron chi connectivity index (χ4n) is 3.23. The Bertz CT molecular complexity index is 537. The summed E-state index contributed by atoms with van der Waals surface area (Å²) in [5.41, 5.74) is 1.53. The second kappa shape index (κ2) is 10.1. The zero-order valence-corrected chi connectivity index (χ0v) is 15.5. The standard InChI is InChI=1S/C17H29N3O6/c1-4-6-11(9-13(21)19-26)16(23)20-8-5-7-12(20)15(22)18-14(10(2)3)17(24)25/h10-12,14,26H,4-9H2,1-3H3,(H,18,22)(H,19,21)(H,24,25)/t11-,12?,14?/m1/s1. The molecule has 1 aliphatic rings. The number of hydrogen-bond acceptors (Lipinski definition) is 5. The van der Waals surface area contributed by atoms with Gasteiger partial charge in [-0.3, -0.25) is 19.6 Å². The Hall–Kier alpha value is -2.16. The maximum Gasteiger partial charge on any atom is 0.326 e.